The summed E-state index contributed by atoms with van der Waals surface area (Å²) in [6, 6.07) is 4.39. The first-order chi connectivity index (χ1) is 10.8. The van der Waals surface area contributed by atoms with Gasteiger partial charge in [0.25, 0.3) is 0 Å². The zero-order chi connectivity index (χ0) is 17.6. The van der Waals surface area contributed by atoms with Gasteiger partial charge in [-0.3, -0.25) is 4.57 Å². The largest absolute Gasteiger partial charge is 0.504 e. The highest BCUT2D eigenvalue weighted by Crippen LogP contribution is 2.55. The second kappa shape index (κ2) is 8.15. The Hall–Kier alpha value is -1.82. The molecule has 8 heteroatoms. The predicted octanol–water partition coefficient (Wildman–Crippen LogP) is 3.18. The first-order valence-corrected chi connectivity index (χ1v) is 8.33. The molecule has 0 radical (unpaired) electrons. The van der Waals surface area contributed by atoms with E-state index < -0.39 is 19.7 Å². The van der Waals surface area contributed by atoms with Crippen molar-refractivity contribution in [1.29, 1.82) is 0 Å². The Balaban J connectivity index is 3.39. The Morgan fingerprint density at radius 3 is 2.30 bits per heavy atom. The van der Waals surface area contributed by atoms with Crippen LogP contribution in [-0.2, 0) is 23.1 Å². The van der Waals surface area contributed by atoms with Crippen molar-refractivity contribution in [1.82, 2.24) is 0 Å². The summed E-state index contributed by atoms with van der Waals surface area (Å²) in [6.07, 6.45) is 0.919. The molecule has 1 rings (SSSR count). The van der Waals surface area contributed by atoms with Gasteiger partial charge in [-0.25, -0.2) is 4.79 Å². The van der Waals surface area contributed by atoms with Crippen LogP contribution in [0, 0.1) is 0 Å². The van der Waals surface area contributed by atoms with E-state index in [1.807, 2.05) is 0 Å². The third-order valence-corrected chi connectivity index (χ3v) is 4.70. The predicted molar refractivity (Wildman–Crippen MR) is 85.5 cm³/mol. The third kappa shape index (κ3) is 4.82. The van der Waals surface area contributed by atoms with Gasteiger partial charge in [-0.1, -0.05) is 6.07 Å². The molecule has 0 aliphatic heterocycles. The fraction of sp³-hybridized carbons (Fsp3) is 0.400. The molecule has 0 saturated carbocycles. The second-order valence-electron chi connectivity index (χ2n) is 4.78. The molecule has 0 amide bonds. The van der Waals surface area contributed by atoms with Gasteiger partial charge in [0.15, 0.2) is 11.5 Å². The van der Waals surface area contributed by atoms with Gasteiger partial charge < -0.3 is 23.6 Å². The summed E-state index contributed by atoms with van der Waals surface area (Å²) in [5.41, 5.74) is 0.463. The molecule has 0 spiro atoms. The maximum atomic E-state index is 12.6. The lowest BCUT2D eigenvalue weighted by atomic mass is 10.2. The maximum absolute atomic E-state index is 12.6. The first kappa shape index (κ1) is 19.2. The maximum Gasteiger partial charge on any atom is 0.368 e. The second-order valence-corrected chi connectivity index (χ2v) is 6.98. The Morgan fingerprint density at radius 1 is 1.22 bits per heavy atom. The molecule has 0 fully saturated rings. The van der Waals surface area contributed by atoms with Gasteiger partial charge in [-0.2, -0.15) is 0 Å². The van der Waals surface area contributed by atoms with Gasteiger partial charge >= 0.3 is 13.6 Å². The number of ether oxygens (including phenoxy) is 2. The molecule has 1 aromatic rings. The quantitative estimate of drug-likeness (QED) is 0.461. The Labute approximate surface area is 135 Å². The van der Waals surface area contributed by atoms with E-state index in [0.717, 1.165) is 0 Å². The van der Waals surface area contributed by atoms with Gasteiger partial charge in [0.05, 0.1) is 13.2 Å². The van der Waals surface area contributed by atoms with Crippen LogP contribution in [-0.4, -0.2) is 38.5 Å². The van der Waals surface area contributed by atoms with Crippen LogP contribution in [0.3, 0.4) is 0 Å². The summed E-state index contributed by atoms with van der Waals surface area (Å²) in [7, 11) is -0.0692. The summed E-state index contributed by atoms with van der Waals surface area (Å²) in [5.74, 6) is -0.656. The van der Waals surface area contributed by atoms with Crippen molar-refractivity contribution in [2.45, 2.75) is 20.0 Å². The van der Waals surface area contributed by atoms with Crippen molar-refractivity contribution in [3.8, 4) is 11.5 Å². The van der Waals surface area contributed by atoms with Crippen LogP contribution < -0.4 is 4.74 Å². The molecule has 0 atom stereocenters. The Bertz CT molecular complexity index is 629. The van der Waals surface area contributed by atoms with E-state index in [4.69, 9.17) is 18.5 Å². The zero-order valence-electron chi connectivity index (χ0n) is 13.7. The molecule has 0 aliphatic carbocycles. The summed E-state index contributed by atoms with van der Waals surface area (Å²) in [6.45, 7) is 3.34. The molecule has 0 aliphatic rings. The minimum absolute atomic E-state index is 0.0578. The molecule has 7 nitrogen and oxygen atoms in total. The highest BCUT2D eigenvalue weighted by Gasteiger charge is 2.35. The van der Waals surface area contributed by atoms with Crippen molar-refractivity contribution in [2.75, 3.05) is 21.3 Å². The number of phenolic OH excluding ortho intramolecular Hbond substituents is 1. The lowest BCUT2D eigenvalue weighted by Crippen LogP contribution is -2.15. The fourth-order valence-corrected chi connectivity index (χ4v) is 2.86. The van der Waals surface area contributed by atoms with Crippen molar-refractivity contribution >= 4 is 19.6 Å². The minimum atomic E-state index is -3.82. The smallest absolute Gasteiger partial charge is 0.368 e. The fourth-order valence-electron chi connectivity index (χ4n) is 1.74. The Kier molecular flexibility index (Phi) is 6.81. The van der Waals surface area contributed by atoms with Crippen LogP contribution in [0.25, 0.3) is 6.08 Å². The molecule has 0 saturated heterocycles. The summed E-state index contributed by atoms with van der Waals surface area (Å²) in [4.78, 5) is 12.2. The van der Waals surface area contributed by atoms with E-state index >= 15 is 0 Å². The van der Waals surface area contributed by atoms with E-state index in [-0.39, 0.29) is 16.8 Å². The van der Waals surface area contributed by atoms with E-state index in [0.29, 0.717) is 5.56 Å². The van der Waals surface area contributed by atoms with E-state index in [2.05, 4.69) is 0 Å². The van der Waals surface area contributed by atoms with Crippen molar-refractivity contribution < 1.29 is 33.0 Å². The van der Waals surface area contributed by atoms with Gasteiger partial charge in [-0.05, 0) is 37.6 Å². The molecule has 1 aromatic carbocycles. The number of hydrogen-bond donors (Lipinski definition) is 1. The number of rotatable bonds is 7. The molecular weight excluding hydrogens is 323 g/mol. The van der Waals surface area contributed by atoms with Crippen LogP contribution >= 0.6 is 7.60 Å². The summed E-state index contributed by atoms with van der Waals surface area (Å²) >= 11 is 0. The minimum Gasteiger partial charge on any atom is -0.504 e. The van der Waals surface area contributed by atoms with E-state index in [1.54, 1.807) is 13.8 Å². The highest BCUT2D eigenvalue weighted by atomic mass is 31.2. The molecular formula is C15H21O7P. The van der Waals surface area contributed by atoms with Crippen molar-refractivity contribution in [2.24, 2.45) is 0 Å². The standard InChI is InChI=1S/C15H21O7P/c1-10(2)22-15(17)14(23(18,20-4)21-5)9-11-6-7-12(16)13(8-11)19-3/h6-10,16H,1-5H3. The number of carbonyl (C=O) groups is 1. The van der Waals surface area contributed by atoms with Crippen LogP contribution in [0.4, 0.5) is 0 Å². The van der Waals surface area contributed by atoms with Gasteiger partial charge in [0, 0.05) is 14.2 Å². The molecule has 128 valence electrons. The summed E-state index contributed by atoms with van der Waals surface area (Å²) in [5, 5.41) is 9.36. The van der Waals surface area contributed by atoms with Crippen molar-refractivity contribution in [3.05, 3.63) is 29.1 Å². The molecule has 1 N–H and O–H groups in total. The first-order valence-electron chi connectivity index (χ1n) is 6.79. The zero-order valence-corrected chi connectivity index (χ0v) is 14.6. The number of benzene rings is 1. The number of phenols is 1. The molecule has 0 heterocycles. The monoisotopic (exact) mass is 344 g/mol. The molecule has 0 aromatic heterocycles. The Morgan fingerprint density at radius 2 is 1.83 bits per heavy atom. The highest BCUT2D eigenvalue weighted by molar-refractivity contribution is 7.60. The van der Waals surface area contributed by atoms with E-state index in [9.17, 15) is 14.5 Å². The van der Waals surface area contributed by atoms with E-state index in [1.165, 1.54) is 45.6 Å². The van der Waals surface area contributed by atoms with Crippen LogP contribution in [0.5, 0.6) is 11.5 Å². The topological polar surface area (TPSA) is 91.3 Å². The van der Waals surface area contributed by atoms with Crippen LogP contribution in [0.2, 0.25) is 0 Å². The van der Waals surface area contributed by atoms with Crippen LogP contribution in [0.1, 0.15) is 19.4 Å². The number of carbonyl (C=O) groups excluding carboxylic acids is 1. The van der Waals surface area contributed by atoms with Gasteiger partial charge in [0.2, 0.25) is 0 Å². The SMILES string of the molecule is COc1cc(C=C(C(=O)OC(C)C)P(=O)(OC)OC)ccc1O. The summed E-state index contributed by atoms with van der Waals surface area (Å²) < 4.78 is 32.5. The lowest BCUT2D eigenvalue weighted by molar-refractivity contribution is -0.141. The number of methoxy groups -OCH3 is 1. The van der Waals surface area contributed by atoms with Crippen molar-refractivity contribution in [3.63, 3.8) is 0 Å². The van der Waals surface area contributed by atoms with Crippen LogP contribution in [0.15, 0.2) is 23.5 Å². The van der Waals surface area contributed by atoms with Gasteiger partial charge in [-0.15, -0.1) is 0 Å². The third-order valence-electron chi connectivity index (χ3n) is 2.83. The molecule has 23 heavy (non-hydrogen) atoms. The lowest BCUT2D eigenvalue weighted by Gasteiger charge is -2.17. The normalized spacial score (nSPS) is 12.3. The molecule has 0 unspecified atom stereocenters. The average molecular weight is 344 g/mol. The number of hydrogen-bond acceptors (Lipinski definition) is 7. The number of esters is 1. The van der Waals surface area contributed by atoms with Gasteiger partial charge in [0.1, 0.15) is 5.31 Å². The molecule has 0 bridgehead atoms. The number of aromatic hydroxyl groups is 1. The average Bonchev–Trinajstić information content (AvgIpc) is 2.52.